The van der Waals surface area contributed by atoms with E-state index >= 15 is 0 Å². The van der Waals surface area contributed by atoms with Crippen molar-refractivity contribution in [3.63, 3.8) is 0 Å². The lowest BCUT2D eigenvalue weighted by Crippen LogP contribution is -2.18. The molecule has 3 aromatic rings. The zero-order chi connectivity index (χ0) is 19.5. The lowest BCUT2D eigenvalue weighted by atomic mass is 10.1. The molecule has 0 aliphatic carbocycles. The molecule has 1 aromatic heterocycles. The molecular formula is C21H18ClN3O3. The zero-order valence-electron chi connectivity index (χ0n) is 15.2. The summed E-state index contributed by atoms with van der Waals surface area (Å²) in [6, 6.07) is 12.8. The molecule has 4 rings (SSSR count). The van der Waals surface area contributed by atoms with Crippen molar-refractivity contribution in [1.29, 1.82) is 0 Å². The van der Waals surface area contributed by atoms with E-state index in [0.29, 0.717) is 27.6 Å². The molecule has 7 heteroatoms. The van der Waals surface area contributed by atoms with Gasteiger partial charge in [0, 0.05) is 22.7 Å². The zero-order valence-corrected chi connectivity index (χ0v) is 16.0. The minimum Gasteiger partial charge on any atom is -0.454 e. The van der Waals surface area contributed by atoms with Gasteiger partial charge in [-0.1, -0.05) is 43.1 Å². The second kappa shape index (κ2) is 7.86. The minimum atomic E-state index is -0.302. The van der Waals surface area contributed by atoms with Gasteiger partial charge in [0.05, 0.1) is 22.3 Å². The molecule has 1 aliphatic heterocycles. The molecule has 0 fully saturated rings. The van der Waals surface area contributed by atoms with E-state index in [1.807, 2.05) is 30.3 Å². The number of para-hydroxylation sites is 1. The van der Waals surface area contributed by atoms with E-state index < -0.39 is 0 Å². The number of ether oxygens (including phenoxy) is 2. The fourth-order valence-corrected chi connectivity index (χ4v) is 3.26. The number of carbonyl (C=O) groups excluding carboxylic acids is 1. The first-order chi connectivity index (χ1) is 13.7. The van der Waals surface area contributed by atoms with Gasteiger partial charge in [-0.25, -0.2) is 5.43 Å². The third kappa shape index (κ3) is 3.64. The van der Waals surface area contributed by atoms with Crippen molar-refractivity contribution in [2.45, 2.75) is 19.8 Å². The molecule has 0 unspecified atom stereocenters. The summed E-state index contributed by atoms with van der Waals surface area (Å²) < 4.78 is 10.6. The standard InChI is InChI=1S/C21H18ClN3O3/c1-2-5-14-9-16(15-6-3-4-7-18(15)24-14)21(26)25-23-11-13-8-19-20(10-17(13)22)28-12-27-19/h3-4,6-11H,2,5,12H2,1H3,(H,25,26)/b23-11+. The van der Waals surface area contributed by atoms with Gasteiger partial charge in [0.1, 0.15) is 0 Å². The van der Waals surface area contributed by atoms with Crippen molar-refractivity contribution in [2.24, 2.45) is 5.10 Å². The molecule has 0 radical (unpaired) electrons. The van der Waals surface area contributed by atoms with Crippen molar-refractivity contribution >= 4 is 34.6 Å². The summed E-state index contributed by atoms with van der Waals surface area (Å²) >= 11 is 6.23. The summed E-state index contributed by atoms with van der Waals surface area (Å²) in [4.78, 5) is 17.4. The van der Waals surface area contributed by atoms with E-state index in [0.717, 1.165) is 29.4 Å². The molecule has 0 spiro atoms. The van der Waals surface area contributed by atoms with E-state index in [1.165, 1.54) is 6.21 Å². The first-order valence-electron chi connectivity index (χ1n) is 8.97. The van der Waals surface area contributed by atoms with Crippen LogP contribution >= 0.6 is 11.6 Å². The highest BCUT2D eigenvalue weighted by atomic mass is 35.5. The SMILES string of the molecule is CCCc1cc(C(=O)N/N=C/c2cc3c(cc2Cl)OCO3)c2ccccc2n1. The molecule has 0 atom stereocenters. The number of nitrogens with one attached hydrogen (secondary N) is 1. The number of rotatable bonds is 5. The van der Waals surface area contributed by atoms with E-state index in [4.69, 9.17) is 21.1 Å². The Morgan fingerprint density at radius 1 is 1.25 bits per heavy atom. The topological polar surface area (TPSA) is 72.8 Å². The predicted octanol–water partition coefficient (Wildman–Crippen LogP) is 4.33. The first-order valence-corrected chi connectivity index (χ1v) is 9.34. The Kier molecular flexibility index (Phi) is 5.12. The number of benzene rings is 2. The Morgan fingerprint density at radius 3 is 2.86 bits per heavy atom. The van der Waals surface area contributed by atoms with Crippen molar-refractivity contribution < 1.29 is 14.3 Å². The van der Waals surface area contributed by atoms with Crippen molar-refractivity contribution in [1.82, 2.24) is 10.4 Å². The maximum Gasteiger partial charge on any atom is 0.272 e. The van der Waals surface area contributed by atoms with Crippen LogP contribution in [0.15, 0.2) is 47.6 Å². The number of nitrogens with zero attached hydrogens (tertiary/aromatic N) is 2. The summed E-state index contributed by atoms with van der Waals surface area (Å²) in [7, 11) is 0. The van der Waals surface area contributed by atoms with Gasteiger partial charge in [-0.15, -0.1) is 0 Å². The minimum absolute atomic E-state index is 0.165. The number of hydrazone groups is 1. The smallest absolute Gasteiger partial charge is 0.272 e. The molecule has 142 valence electrons. The molecule has 28 heavy (non-hydrogen) atoms. The van der Waals surface area contributed by atoms with Crippen molar-refractivity contribution in [2.75, 3.05) is 6.79 Å². The number of aryl methyl sites for hydroxylation is 1. The van der Waals surface area contributed by atoms with Gasteiger partial charge in [0.25, 0.3) is 5.91 Å². The second-order valence-electron chi connectivity index (χ2n) is 6.35. The number of pyridine rings is 1. The van der Waals surface area contributed by atoms with E-state index in [1.54, 1.807) is 12.1 Å². The number of aromatic nitrogens is 1. The van der Waals surface area contributed by atoms with Gasteiger partial charge < -0.3 is 9.47 Å². The van der Waals surface area contributed by atoms with Gasteiger partial charge in [0.2, 0.25) is 6.79 Å². The highest BCUT2D eigenvalue weighted by molar-refractivity contribution is 6.33. The van der Waals surface area contributed by atoms with Crippen LogP contribution in [0.3, 0.4) is 0 Å². The molecule has 0 saturated carbocycles. The summed E-state index contributed by atoms with van der Waals surface area (Å²) in [5.41, 5.74) is 5.42. The molecule has 2 aromatic carbocycles. The van der Waals surface area contributed by atoms with Crippen LogP contribution in [0.25, 0.3) is 10.9 Å². The van der Waals surface area contributed by atoms with E-state index in [-0.39, 0.29) is 12.7 Å². The quantitative estimate of drug-likeness (QED) is 0.515. The largest absolute Gasteiger partial charge is 0.454 e. The van der Waals surface area contributed by atoms with Gasteiger partial charge in [-0.3, -0.25) is 9.78 Å². The molecule has 1 N–H and O–H groups in total. The molecule has 6 nitrogen and oxygen atoms in total. The van der Waals surface area contributed by atoms with Crippen LogP contribution in [0.1, 0.15) is 35.0 Å². The predicted molar refractivity (Wildman–Crippen MR) is 108 cm³/mol. The maximum atomic E-state index is 12.7. The van der Waals surface area contributed by atoms with Gasteiger partial charge in [-0.2, -0.15) is 5.10 Å². The lowest BCUT2D eigenvalue weighted by Gasteiger charge is -2.08. The van der Waals surface area contributed by atoms with E-state index in [9.17, 15) is 4.79 Å². The van der Waals surface area contributed by atoms with Crippen molar-refractivity contribution in [3.8, 4) is 11.5 Å². The highest BCUT2D eigenvalue weighted by Gasteiger charge is 2.16. The second-order valence-corrected chi connectivity index (χ2v) is 6.76. The lowest BCUT2D eigenvalue weighted by molar-refractivity contribution is 0.0956. The maximum absolute atomic E-state index is 12.7. The fourth-order valence-electron chi connectivity index (χ4n) is 3.05. The van der Waals surface area contributed by atoms with Gasteiger partial charge in [0.15, 0.2) is 11.5 Å². The Balaban J connectivity index is 1.58. The number of fused-ring (bicyclic) bond motifs is 2. The van der Waals surface area contributed by atoms with Crippen LogP contribution in [-0.2, 0) is 6.42 Å². The summed E-state index contributed by atoms with van der Waals surface area (Å²) in [5, 5.41) is 5.31. The summed E-state index contributed by atoms with van der Waals surface area (Å²) in [5.74, 6) is 0.892. The molecule has 0 saturated heterocycles. The normalized spacial score (nSPS) is 12.6. The number of hydrogen-bond acceptors (Lipinski definition) is 5. The number of carbonyl (C=O) groups is 1. The van der Waals surface area contributed by atoms with Crippen LogP contribution in [0.5, 0.6) is 11.5 Å². The highest BCUT2D eigenvalue weighted by Crippen LogP contribution is 2.36. The molecule has 1 aliphatic rings. The Labute approximate surface area is 167 Å². The molecule has 1 amide bonds. The monoisotopic (exact) mass is 395 g/mol. The average Bonchev–Trinajstić information content (AvgIpc) is 3.14. The fraction of sp³-hybridized carbons (Fsp3) is 0.190. The van der Waals surface area contributed by atoms with Crippen LogP contribution in [0.2, 0.25) is 5.02 Å². The van der Waals surface area contributed by atoms with Gasteiger partial charge >= 0.3 is 0 Å². The van der Waals surface area contributed by atoms with Crippen LogP contribution in [-0.4, -0.2) is 23.9 Å². The average molecular weight is 396 g/mol. The third-order valence-electron chi connectivity index (χ3n) is 4.38. The number of halogens is 1. The van der Waals surface area contributed by atoms with Gasteiger partial charge in [-0.05, 0) is 24.6 Å². The van der Waals surface area contributed by atoms with Crippen LogP contribution in [0, 0.1) is 0 Å². The number of hydrogen-bond donors (Lipinski definition) is 1. The Hall–Kier alpha value is -3.12. The molecular weight excluding hydrogens is 378 g/mol. The summed E-state index contributed by atoms with van der Waals surface area (Å²) in [6.45, 7) is 2.24. The molecule has 0 bridgehead atoms. The number of amides is 1. The van der Waals surface area contributed by atoms with Crippen LogP contribution < -0.4 is 14.9 Å². The molecule has 2 heterocycles. The van der Waals surface area contributed by atoms with E-state index in [2.05, 4.69) is 22.4 Å². The Bertz CT molecular complexity index is 1080. The summed E-state index contributed by atoms with van der Waals surface area (Å²) in [6.07, 6.45) is 3.24. The first kappa shape index (κ1) is 18.3. The van der Waals surface area contributed by atoms with Crippen molar-refractivity contribution in [3.05, 3.63) is 64.3 Å². The Morgan fingerprint density at radius 2 is 2.04 bits per heavy atom. The van der Waals surface area contributed by atoms with Crippen LogP contribution in [0.4, 0.5) is 0 Å². The third-order valence-corrected chi connectivity index (χ3v) is 4.71.